The summed E-state index contributed by atoms with van der Waals surface area (Å²) in [7, 11) is 0. The van der Waals surface area contributed by atoms with Crippen LogP contribution in [0.1, 0.15) is 18.6 Å². The Balaban J connectivity index is 0.000000845. The van der Waals surface area contributed by atoms with Gasteiger partial charge in [-0.1, -0.05) is 49.4 Å². The first-order valence-corrected chi connectivity index (χ1v) is 4.23. The Morgan fingerprint density at radius 2 is 1.69 bits per heavy atom. The van der Waals surface area contributed by atoms with Crippen LogP contribution >= 0.6 is 0 Å². The van der Waals surface area contributed by atoms with E-state index in [1.165, 1.54) is 21.9 Å². The van der Waals surface area contributed by atoms with Crippen LogP contribution in [0.2, 0.25) is 0 Å². The van der Waals surface area contributed by atoms with E-state index in [0.717, 1.165) is 0 Å². The number of hydrogen-bond donors (Lipinski definition) is 0. The van der Waals surface area contributed by atoms with Crippen LogP contribution in [0.25, 0.3) is 10.8 Å². The second kappa shape index (κ2) is 3.61. The average molecular weight is 172 g/mol. The van der Waals surface area contributed by atoms with Gasteiger partial charge < -0.3 is 0 Å². The highest BCUT2D eigenvalue weighted by Gasteiger charge is 1.94. The predicted octanol–water partition coefficient (Wildman–Crippen LogP) is 4.09. The largest absolute Gasteiger partial charge is 0.0776 e. The number of rotatable bonds is 0. The van der Waals surface area contributed by atoms with Crippen molar-refractivity contribution >= 4 is 10.8 Å². The van der Waals surface area contributed by atoms with E-state index in [4.69, 9.17) is 0 Å². The van der Waals surface area contributed by atoms with Crippen LogP contribution in [0, 0.1) is 13.8 Å². The first kappa shape index (κ1) is 9.79. The molecule has 0 aromatic heterocycles. The van der Waals surface area contributed by atoms with Crippen molar-refractivity contribution in [3.05, 3.63) is 47.5 Å². The lowest BCUT2D eigenvalue weighted by molar-refractivity contribution is 1.48. The fourth-order valence-electron chi connectivity index (χ4n) is 1.57. The maximum absolute atomic E-state index is 2.22. The Bertz CT molecular complexity index is 413. The Labute approximate surface area is 80.2 Å². The fourth-order valence-corrected chi connectivity index (χ4v) is 1.57. The van der Waals surface area contributed by atoms with Crippen LogP contribution in [-0.2, 0) is 0 Å². The first-order valence-electron chi connectivity index (χ1n) is 4.23. The molecule has 0 unspecified atom stereocenters. The van der Waals surface area contributed by atoms with Crippen molar-refractivity contribution in [3.8, 4) is 0 Å². The lowest BCUT2D eigenvalue weighted by Gasteiger charge is -2.01. The summed E-state index contributed by atoms with van der Waals surface area (Å²) in [5.41, 5.74) is 2.68. The minimum atomic E-state index is 0. The van der Waals surface area contributed by atoms with Crippen LogP contribution in [0.5, 0.6) is 0 Å². The third-order valence-electron chi connectivity index (χ3n) is 2.25. The third-order valence-corrected chi connectivity index (χ3v) is 2.25. The zero-order chi connectivity index (χ0) is 8.55. The van der Waals surface area contributed by atoms with Crippen LogP contribution < -0.4 is 0 Å². The molecule has 0 nitrogen and oxygen atoms in total. The summed E-state index contributed by atoms with van der Waals surface area (Å²) < 4.78 is 0. The van der Waals surface area contributed by atoms with Crippen LogP contribution in [0.15, 0.2) is 36.4 Å². The molecule has 0 aliphatic rings. The van der Waals surface area contributed by atoms with Gasteiger partial charge in [0.1, 0.15) is 0 Å². The topological polar surface area (TPSA) is 0 Å². The predicted molar refractivity (Wildman–Crippen MR) is 60.2 cm³/mol. The Kier molecular flexibility index (Phi) is 2.72. The van der Waals surface area contributed by atoms with E-state index >= 15 is 0 Å². The SMILES string of the molecule is C.Cc1ccc2c(C)cccc2c1. The molecular weight excluding hydrogens is 156 g/mol. The molecule has 0 saturated carbocycles. The van der Waals surface area contributed by atoms with E-state index in [9.17, 15) is 0 Å². The van der Waals surface area contributed by atoms with Crippen molar-refractivity contribution in [1.82, 2.24) is 0 Å². The molecule has 0 aliphatic heterocycles. The van der Waals surface area contributed by atoms with Crippen molar-refractivity contribution in [3.63, 3.8) is 0 Å². The molecule has 0 saturated heterocycles. The molecule has 0 amide bonds. The standard InChI is InChI=1S/C12H12.CH4/c1-9-6-7-12-10(2)4-3-5-11(12)8-9;/h3-8H,1-2H3;1H4. The molecular formula is C13H16. The summed E-state index contributed by atoms with van der Waals surface area (Å²) in [6.45, 7) is 4.28. The van der Waals surface area contributed by atoms with Crippen molar-refractivity contribution < 1.29 is 0 Å². The summed E-state index contributed by atoms with van der Waals surface area (Å²) in [6, 6.07) is 13.0. The Hall–Kier alpha value is -1.30. The summed E-state index contributed by atoms with van der Waals surface area (Å²) in [6.07, 6.45) is 0. The quantitative estimate of drug-likeness (QED) is 0.561. The summed E-state index contributed by atoms with van der Waals surface area (Å²) >= 11 is 0. The maximum Gasteiger partial charge on any atom is -0.0155 e. The molecule has 0 heterocycles. The molecule has 2 aromatic carbocycles. The Morgan fingerprint density at radius 3 is 2.46 bits per heavy atom. The smallest absolute Gasteiger partial charge is 0.0155 e. The lowest BCUT2D eigenvalue weighted by atomic mass is 10.0. The minimum Gasteiger partial charge on any atom is -0.0776 e. The highest BCUT2D eigenvalue weighted by molar-refractivity contribution is 5.85. The van der Waals surface area contributed by atoms with Gasteiger partial charge in [0, 0.05) is 0 Å². The van der Waals surface area contributed by atoms with Gasteiger partial charge in [-0.25, -0.2) is 0 Å². The summed E-state index contributed by atoms with van der Waals surface area (Å²) in [4.78, 5) is 0. The van der Waals surface area contributed by atoms with Gasteiger partial charge in [-0.15, -0.1) is 0 Å². The molecule has 13 heavy (non-hydrogen) atoms. The second-order valence-corrected chi connectivity index (χ2v) is 3.30. The van der Waals surface area contributed by atoms with Gasteiger partial charge in [-0.2, -0.15) is 0 Å². The number of aryl methyl sites for hydroxylation is 2. The number of benzene rings is 2. The molecule has 0 spiro atoms. The molecule has 0 aliphatic carbocycles. The highest BCUT2D eigenvalue weighted by atomic mass is 14.0. The first-order chi connectivity index (χ1) is 5.77. The van der Waals surface area contributed by atoms with E-state index in [1.807, 2.05) is 0 Å². The minimum absolute atomic E-state index is 0. The van der Waals surface area contributed by atoms with E-state index in [2.05, 4.69) is 50.2 Å². The van der Waals surface area contributed by atoms with Crippen molar-refractivity contribution in [2.75, 3.05) is 0 Å². The van der Waals surface area contributed by atoms with Gasteiger partial charge in [0.2, 0.25) is 0 Å². The van der Waals surface area contributed by atoms with E-state index in [1.54, 1.807) is 0 Å². The average Bonchev–Trinajstić information content (AvgIpc) is 2.04. The normalized spacial score (nSPS) is 9.69. The molecule has 68 valence electrons. The number of fused-ring (bicyclic) bond motifs is 1. The maximum atomic E-state index is 2.22. The van der Waals surface area contributed by atoms with Crippen LogP contribution in [-0.4, -0.2) is 0 Å². The molecule has 0 atom stereocenters. The molecule has 0 N–H and O–H groups in total. The van der Waals surface area contributed by atoms with Gasteiger partial charge in [0.15, 0.2) is 0 Å². The fraction of sp³-hybridized carbons (Fsp3) is 0.231. The van der Waals surface area contributed by atoms with E-state index < -0.39 is 0 Å². The van der Waals surface area contributed by atoms with Gasteiger partial charge >= 0.3 is 0 Å². The zero-order valence-electron chi connectivity index (χ0n) is 7.46. The van der Waals surface area contributed by atoms with E-state index in [-0.39, 0.29) is 7.43 Å². The van der Waals surface area contributed by atoms with Crippen molar-refractivity contribution in [1.29, 1.82) is 0 Å². The van der Waals surface area contributed by atoms with Gasteiger partial charge in [0.25, 0.3) is 0 Å². The van der Waals surface area contributed by atoms with E-state index in [0.29, 0.717) is 0 Å². The summed E-state index contributed by atoms with van der Waals surface area (Å²) in [5, 5.41) is 2.71. The second-order valence-electron chi connectivity index (χ2n) is 3.30. The number of hydrogen-bond acceptors (Lipinski definition) is 0. The molecule has 0 radical (unpaired) electrons. The van der Waals surface area contributed by atoms with Crippen LogP contribution in [0.3, 0.4) is 0 Å². The van der Waals surface area contributed by atoms with Gasteiger partial charge in [-0.05, 0) is 30.2 Å². The summed E-state index contributed by atoms with van der Waals surface area (Å²) in [5.74, 6) is 0. The highest BCUT2D eigenvalue weighted by Crippen LogP contribution is 2.18. The molecule has 0 fully saturated rings. The molecule has 0 heteroatoms. The molecule has 2 aromatic rings. The zero-order valence-corrected chi connectivity index (χ0v) is 7.46. The third kappa shape index (κ3) is 1.72. The van der Waals surface area contributed by atoms with Gasteiger partial charge in [0.05, 0.1) is 0 Å². The van der Waals surface area contributed by atoms with Crippen LogP contribution in [0.4, 0.5) is 0 Å². The van der Waals surface area contributed by atoms with Crippen molar-refractivity contribution in [2.45, 2.75) is 21.3 Å². The lowest BCUT2D eigenvalue weighted by Crippen LogP contribution is -1.78. The van der Waals surface area contributed by atoms with Crippen molar-refractivity contribution in [2.24, 2.45) is 0 Å². The molecule has 0 bridgehead atoms. The van der Waals surface area contributed by atoms with Gasteiger partial charge in [-0.3, -0.25) is 0 Å². The monoisotopic (exact) mass is 172 g/mol. The molecule has 2 rings (SSSR count). The Morgan fingerprint density at radius 1 is 0.923 bits per heavy atom.